The first kappa shape index (κ1) is 11.5. The minimum atomic E-state index is 0.246. The summed E-state index contributed by atoms with van der Waals surface area (Å²) < 4.78 is 0. The van der Waals surface area contributed by atoms with Gasteiger partial charge in [-0.1, -0.05) is 0 Å². The molecule has 0 saturated carbocycles. The first-order valence-electron chi connectivity index (χ1n) is 5.58. The molecule has 0 aromatic carbocycles. The predicted octanol–water partition coefficient (Wildman–Crippen LogP) is 1.08. The first-order chi connectivity index (χ1) is 7.66. The fourth-order valence-corrected chi connectivity index (χ4v) is 2.83. The lowest BCUT2D eigenvalue weighted by molar-refractivity contribution is -0.130. The lowest BCUT2D eigenvalue weighted by atomic mass is 10.3. The van der Waals surface area contributed by atoms with Crippen molar-refractivity contribution in [1.29, 1.82) is 0 Å². The Balaban J connectivity index is 2.07. The van der Waals surface area contributed by atoms with E-state index in [0.29, 0.717) is 6.42 Å². The minimum Gasteiger partial charge on any atom is -0.336 e. The van der Waals surface area contributed by atoms with Crippen LogP contribution in [-0.4, -0.2) is 35.4 Å². The molecule has 1 amide bonds. The summed E-state index contributed by atoms with van der Waals surface area (Å²) in [6.07, 6.45) is 0.608. The highest BCUT2D eigenvalue weighted by atomic mass is 32.1. The van der Waals surface area contributed by atoms with Gasteiger partial charge in [0, 0.05) is 30.9 Å². The van der Waals surface area contributed by atoms with Crippen molar-refractivity contribution in [3.63, 3.8) is 0 Å². The number of hydrogen-bond donors (Lipinski definition) is 1. The lowest BCUT2D eigenvalue weighted by Gasteiger charge is -2.19. The summed E-state index contributed by atoms with van der Waals surface area (Å²) in [5.74, 6) is 0.246. The van der Waals surface area contributed by atoms with Gasteiger partial charge in [-0.15, -0.1) is 11.3 Å². The Kier molecular flexibility index (Phi) is 3.56. The topological polar surface area (TPSA) is 45.2 Å². The monoisotopic (exact) mass is 239 g/mol. The Bertz CT molecular complexity index is 389. The second-order valence-electron chi connectivity index (χ2n) is 4.06. The number of nitrogens with zero attached hydrogens (tertiary/aromatic N) is 2. The number of nitrogens with one attached hydrogen (secondary N) is 1. The van der Waals surface area contributed by atoms with E-state index in [1.807, 2.05) is 18.7 Å². The molecular weight excluding hydrogens is 222 g/mol. The Morgan fingerprint density at radius 3 is 2.94 bits per heavy atom. The van der Waals surface area contributed by atoms with Crippen molar-refractivity contribution >= 4 is 17.2 Å². The van der Waals surface area contributed by atoms with Crippen molar-refractivity contribution in [1.82, 2.24) is 15.2 Å². The molecule has 0 unspecified atom stereocenters. The molecule has 1 saturated heterocycles. The average molecular weight is 239 g/mol. The maximum absolute atomic E-state index is 11.8. The quantitative estimate of drug-likeness (QED) is 0.840. The van der Waals surface area contributed by atoms with Crippen LogP contribution in [0.2, 0.25) is 0 Å². The number of hydrogen-bond acceptors (Lipinski definition) is 4. The number of aryl methyl sites for hydroxylation is 2. The molecule has 2 heterocycles. The van der Waals surface area contributed by atoms with Gasteiger partial charge in [-0.25, -0.2) is 4.98 Å². The van der Waals surface area contributed by atoms with Gasteiger partial charge in [0.1, 0.15) is 0 Å². The summed E-state index contributed by atoms with van der Waals surface area (Å²) in [6, 6.07) is 0. The number of amides is 1. The van der Waals surface area contributed by atoms with Crippen molar-refractivity contribution in [2.75, 3.05) is 19.6 Å². The summed E-state index contributed by atoms with van der Waals surface area (Å²) in [6.45, 7) is 7.23. The molecule has 1 aliphatic rings. The van der Waals surface area contributed by atoms with Gasteiger partial charge in [0.25, 0.3) is 0 Å². The molecule has 5 heteroatoms. The smallest absolute Gasteiger partial charge is 0.224 e. The number of aromatic nitrogens is 1. The van der Waals surface area contributed by atoms with Crippen molar-refractivity contribution in [2.24, 2.45) is 0 Å². The van der Waals surface area contributed by atoms with E-state index in [0.717, 1.165) is 36.9 Å². The van der Waals surface area contributed by atoms with Gasteiger partial charge in [-0.05, 0) is 13.8 Å². The largest absolute Gasteiger partial charge is 0.336 e. The second kappa shape index (κ2) is 4.93. The second-order valence-corrected chi connectivity index (χ2v) is 5.34. The summed E-state index contributed by atoms with van der Waals surface area (Å²) >= 11 is 1.69. The molecule has 1 N–H and O–H groups in total. The van der Waals surface area contributed by atoms with Crippen LogP contribution in [0.15, 0.2) is 0 Å². The van der Waals surface area contributed by atoms with Crippen LogP contribution in [0.25, 0.3) is 0 Å². The average Bonchev–Trinajstić information content (AvgIpc) is 2.43. The highest BCUT2D eigenvalue weighted by Gasteiger charge is 2.18. The van der Waals surface area contributed by atoms with Crippen molar-refractivity contribution in [3.05, 3.63) is 15.6 Å². The molecule has 0 bridgehead atoms. The van der Waals surface area contributed by atoms with Crippen LogP contribution in [-0.2, 0) is 11.3 Å². The number of carbonyl (C=O) groups is 1. The first-order valence-corrected chi connectivity index (χ1v) is 6.40. The van der Waals surface area contributed by atoms with Gasteiger partial charge in [0.05, 0.1) is 17.2 Å². The van der Waals surface area contributed by atoms with Crippen LogP contribution < -0.4 is 5.32 Å². The fraction of sp³-hybridized carbons (Fsp3) is 0.636. The Morgan fingerprint density at radius 1 is 1.44 bits per heavy atom. The van der Waals surface area contributed by atoms with Crippen molar-refractivity contribution < 1.29 is 4.79 Å². The Morgan fingerprint density at radius 2 is 2.25 bits per heavy atom. The lowest BCUT2D eigenvalue weighted by Crippen LogP contribution is -2.31. The molecule has 0 radical (unpaired) electrons. The van der Waals surface area contributed by atoms with E-state index >= 15 is 0 Å². The normalized spacial score (nSPS) is 17.6. The zero-order valence-electron chi connectivity index (χ0n) is 9.75. The van der Waals surface area contributed by atoms with Gasteiger partial charge < -0.3 is 10.2 Å². The van der Waals surface area contributed by atoms with E-state index in [2.05, 4.69) is 10.3 Å². The summed E-state index contributed by atoms with van der Waals surface area (Å²) in [5.41, 5.74) is 1.06. The van der Waals surface area contributed by atoms with Crippen LogP contribution >= 0.6 is 11.3 Å². The van der Waals surface area contributed by atoms with E-state index < -0.39 is 0 Å². The molecular formula is C11H17N3OS. The maximum atomic E-state index is 11.8. The third-order valence-electron chi connectivity index (χ3n) is 2.76. The summed E-state index contributed by atoms with van der Waals surface area (Å²) in [5, 5.41) is 4.32. The van der Waals surface area contributed by atoms with Gasteiger partial charge in [-0.2, -0.15) is 0 Å². The molecule has 0 spiro atoms. The fourth-order valence-electron chi connectivity index (χ4n) is 1.88. The molecule has 1 aromatic rings. The van der Waals surface area contributed by atoms with Crippen LogP contribution in [0.3, 0.4) is 0 Å². The SMILES string of the molecule is Cc1nc(C)c(CN2CCNCCC2=O)s1. The van der Waals surface area contributed by atoms with E-state index in [1.54, 1.807) is 11.3 Å². The van der Waals surface area contributed by atoms with Crippen LogP contribution in [0.4, 0.5) is 0 Å². The number of carbonyl (C=O) groups excluding carboxylic acids is 1. The van der Waals surface area contributed by atoms with E-state index in [9.17, 15) is 4.79 Å². The van der Waals surface area contributed by atoms with Crippen molar-refractivity contribution in [3.8, 4) is 0 Å². The molecule has 16 heavy (non-hydrogen) atoms. The molecule has 1 fully saturated rings. The van der Waals surface area contributed by atoms with Gasteiger partial charge >= 0.3 is 0 Å². The zero-order chi connectivity index (χ0) is 11.5. The molecule has 0 atom stereocenters. The highest BCUT2D eigenvalue weighted by Crippen LogP contribution is 2.19. The summed E-state index contributed by atoms with van der Waals surface area (Å²) in [7, 11) is 0. The van der Waals surface area contributed by atoms with Gasteiger partial charge in [0.15, 0.2) is 0 Å². The number of thiazole rings is 1. The zero-order valence-corrected chi connectivity index (χ0v) is 10.6. The molecule has 1 aliphatic heterocycles. The standard InChI is InChI=1S/C11H17N3OS/c1-8-10(16-9(2)13-8)7-14-6-5-12-4-3-11(14)15/h12H,3-7H2,1-2H3. The van der Waals surface area contributed by atoms with Crippen LogP contribution in [0.5, 0.6) is 0 Å². The molecule has 0 aliphatic carbocycles. The predicted molar refractivity (Wildman–Crippen MR) is 64.5 cm³/mol. The van der Waals surface area contributed by atoms with Crippen LogP contribution in [0.1, 0.15) is 22.0 Å². The van der Waals surface area contributed by atoms with Crippen molar-refractivity contribution in [2.45, 2.75) is 26.8 Å². The van der Waals surface area contributed by atoms with Gasteiger partial charge in [-0.3, -0.25) is 4.79 Å². The van der Waals surface area contributed by atoms with Crippen LogP contribution in [0, 0.1) is 13.8 Å². The summed E-state index contributed by atoms with van der Waals surface area (Å²) in [4.78, 5) is 19.3. The Labute approximate surface area is 99.7 Å². The van der Waals surface area contributed by atoms with E-state index in [1.165, 1.54) is 4.88 Å². The molecule has 2 rings (SSSR count). The maximum Gasteiger partial charge on any atom is 0.224 e. The molecule has 88 valence electrons. The third-order valence-corrected chi connectivity index (χ3v) is 3.82. The minimum absolute atomic E-state index is 0.246. The Hall–Kier alpha value is -0.940. The highest BCUT2D eigenvalue weighted by molar-refractivity contribution is 7.11. The number of rotatable bonds is 2. The molecule has 1 aromatic heterocycles. The molecule has 4 nitrogen and oxygen atoms in total. The van der Waals surface area contributed by atoms with E-state index in [-0.39, 0.29) is 5.91 Å². The van der Waals surface area contributed by atoms with Gasteiger partial charge in [0.2, 0.25) is 5.91 Å². The van der Waals surface area contributed by atoms with E-state index in [4.69, 9.17) is 0 Å². The third kappa shape index (κ3) is 2.59.